The third kappa shape index (κ3) is 13.1. The molecule has 280 valence electrons. The number of morpholine rings is 1. The van der Waals surface area contributed by atoms with Gasteiger partial charge in [-0.1, -0.05) is 45.1 Å². The van der Waals surface area contributed by atoms with Gasteiger partial charge in [0.2, 0.25) is 0 Å². The normalized spacial score (nSPS) is 33.1. The van der Waals surface area contributed by atoms with Crippen LogP contribution < -0.4 is 0 Å². The summed E-state index contributed by atoms with van der Waals surface area (Å²) in [4.78, 5) is 30.1. The number of cyclic esters (lactones) is 1. The van der Waals surface area contributed by atoms with Gasteiger partial charge in [0.05, 0.1) is 49.7 Å². The molecule has 4 N–H and O–H groups in total. The highest BCUT2D eigenvalue weighted by atomic mass is 16.6. The third-order valence-electron chi connectivity index (χ3n) is 10.0. The Morgan fingerprint density at radius 1 is 1.27 bits per heavy atom. The fourth-order valence-electron chi connectivity index (χ4n) is 6.45. The van der Waals surface area contributed by atoms with Gasteiger partial charge in [-0.2, -0.15) is 0 Å². The summed E-state index contributed by atoms with van der Waals surface area (Å²) in [5, 5.41) is 43.3. The fraction of sp³-hybridized carbons (Fsp3) is 0.784. The largest absolute Gasteiger partial charge is 0.457 e. The molecule has 10 unspecified atom stereocenters. The Balaban J connectivity index is 1.73. The second kappa shape index (κ2) is 18.8. The molecule has 0 aromatic carbocycles. The van der Waals surface area contributed by atoms with E-state index in [-0.39, 0.29) is 37.4 Å². The first-order chi connectivity index (χ1) is 23.1. The van der Waals surface area contributed by atoms with Gasteiger partial charge in [-0.05, 0) is 58.6 Å². The van der Waals surface area contributed by atoms with Crippen molar-refractivity contribution in [2.24, 2.45) is 11.8 Å². The summed E-state index contributed by atoms with van der Waals surface area (Å²) in [6.07, 6.45) is 5.55. The van der Waals surface area contributed by atoms with Crippen LogP contribution in [0.3, 0.4) is 0 Å². The Labute approximate surface area is 292 Å². The van der Waals surface area contributed by atoms with Gasteiger partial charge in [-0.15, -0.1) is 0 Å². The average Bonchev–Trinajstić information content (AvgIpc) is 3.81. The maximum Gasteiger partial charge on any atom is 0.410 e. The number of hydrogen-bond donors (Lipinski definition) is 4. The summed E-state index contributed by atoms with van der Waals surface area (Å²) in [5.74, 6) is -0.972. The Bertz CT molecular complexity index is 1150. The van der Waals surface area contributed by atoms with Gasteiger partial charge < -0.3 is 44.3 Å². The number of aliphatic hydroxyl groups is 4. The molecule has 3 aliphatic heterocycles. The lowest BCUT2D eigenvalue weighted by atomic mass is 9.88. The first kappa shape index (κ1) is 41.1. The van der Waals surface area contributed by atoms with Crippen molar-refractivity contribution in [3.05, 3.63) is 36.0 Å². The number of epoxide rings is 1. The SMILES string of the molecule is CCC(O)C(C)C1OC1CC(C)(O)C=CC=C(C)C1OC(=O)CC(O)CCC(C)(O)C(OC(=O)N(CC)CCN2CCOCC2)C=CC1C. The van der Waals surface area contributed by atoms with Crippen molar-refractivity contribution in [3.63, 3.8) is 0 Å². The zero-order valence-corrected chi connectivity index (χ0v) is 30.6. The molecular weight excluding hydrogens is 632 g/mol. The van der Waals surface area contributed by atoms with Crippen molar-refractivity contribution >= 4 is 12.1 Å². The number of ether oxygens (including phenoxy) is 4. The minimum absolute atomic E-state index is 0.0153. The Hall–Kier alpha value is -2.32. The predicted molar refractivity (Wildman–Crippen MR) is 186 cm³/mol. The van der Waals surface area contributed by atoms with Crippen LogP contribution in [0.15, 0.2) is 36.0 Å². The molecule has 2 fully saturated rings. The number of nitrogens with zero attached hydrogens (tertiary/aromatic N) is 2. The first-order valence-corrected chi connectivity index (χ1v) is 18.0. The van der Waals surface area contributed by atoms with Crippen LogP contribution in [0.1, 0.15) is 80.6 Å². The zero-order chi connectivity index (χ0) is 36.4. The van der Waals surface area contributed by atoms with E-state index in [1.165, 1.54) is 0 Å². The molecule has 10 atom stereocenters. The van der Waals surface area contributed by atoms with Crippen molar-refractivity contribution < 1.29 is 49.0 Å². The molecule has 12 nitrogen and oxygen atoms in total. The summed E-state index contributed by atoms with van der Waals surface area (Å²) >= 11 is 0. The molecule has 0 bridgehead atoms. The van der Waals surface area contributed by atoms with Crippen LogP contribution in [0, 0.1) is 11.8 Å². The number of esters is 1. The molecule has 3 heterocycles. The van der Waals surface area contributed by atoms with Crippen LogP contribution in [0.4, 0.5) is 4.79 Å². The maximum atomic E-state index is 13.3. The monoisotopic (exact) mass is 694 g/mol. The third-order valence-corrected chi connectivity index (χ3v) is 10.0. The van der Waals surface area contributed by atoms with E-state index in [9.17, 15) is 30.0 Å². The molecule has 12 heteroatoms. The van der Waals surface area contributed by atoms with E-state index in [2.05, 4.69) is 4.90 Å². The van der Waals surface area contributed by atoms with Crippen molar-refractivity contribution in [2.45, 2.75) is 128 Å². The van der Waals surface area contributed by atoms with Crippen molar-refractivity contribution in [1.29, 1.82) is 0 Å². The average molecular weight is 695 g/mol. The van der Waals surface area contributed by atoms with Crippen LogP contribution in [0.2, 0.25) is 0 Å². The van der Waals surface area contributed by atoms with E-state index >= 15 is 0 Å². The summed E-state index contributed by atoms with van der Waals surface area (Å²) in [6.45, 7) is 17.3. The van der Waals surface area contributed by atoms with E-state index in [1.54, 1.807) is 49.1 Å². The highest BCUT2D eigenvalue weighted by Gasteiger charge is 2.47. The highest BCUT2D eigenvalue weighted by Crippen LogP contribution is 2.37. The summed E-state index contributed by atoms with van der Waals surface area (Å²) in [5.41, 5.74) is -1.97. The van der Waals surface area contributed by atoms with Crippen LogP contribution >= 0.6 is 0 Å². The topological polar surface area (TPSA) is 162 Å². The second-order valence-corrected chi connectivity index (χ2v) is 14.6. The maximum absolute atomic E-state index is 13.3. The molecule has 3 aliphatic rings. The lowest BCUT2D eigenvalue weighted by Crippen LogP contribution is -2.47. The van der Waals surface area contributed by atoms with Crippen molar-refractivity contribution in [1.82, 2.24) is 9.80 Å². The number of rotatable bonds is 13. The molecule has 0 saturated carbocycles. The Morgan fingerprint density at radius 3 is 2.61 bits per heavy atom. The molecule has 3 rings (SSSR count). The van der Waals surface area contributed by atoms with Gasteiger partial charge in [-0.3, -0.25) is 9.69 Å². The molecule has 1 amide bonds. The first-order valence-electron chi connectivity index (χ1n) is 18.0. The standard InChI is InChI=1S/C37H62N2O10/c1-8-29(41)27(5)34-30(47-34)24-36(6,44)15-10-11-25(3)33-26(4)12-13-31(37(7,45)16-14-28(40)23-32(42)49-33)48-35(43)39(9-2)18-17-38-19-21-46-22-20-38/h10-13,15,26-31,33-34,40-41,44-45H,8-9,14,16-24H2,1-7H3. The smallest absolute Gasteiger partial charge is 0.410 e. The van der Waals surface area contributed by atoms with Crippen LogP contribution in [0.5, 0.6) is 0 Å². The predicted octanol–water partition coefficient (Wildman–Crippen LogP) is 3.36. The van der Waals surface area contributed by atoms with E-state index in [1.807, 2.05) is 34.6 Å². The number of allylic oxidation sites excluding steroid dienone is 2. The lowest BCUT2D eigenvalue weighted by Gasteiger charge is -2.34. The van der Waals surface area contributed by atoms with Crippen LogP contribution in [0.25, 0.3) is 0 Å². The van der Waals surface area contributed by atoms with E-state index < -0.39 is 53.6 Å². The minimum atomic E-state index is -1.51. The van der Waals surface area contributed by atoms with Crippen molar-refractivity contribution in [2.75, 3.05) is 45.9 Å². The summed E-state index contributed by atoms with van der Waals surface area (Å²) in [7, 11) is 0. The molecule has 2 saturated heterocycles. The molecule has 49 heavy (non-hydrogen) atoms. The van der Waals surface area contributed by atoms with E-state index in [0.29, 0.717) is 51.3 Å². The Kier molecular flexibility index (Phi) is 15.8. The number of amides is 1. The van der Waals surface area contributed by atoms with Gasteiger partial charge in [0, 0.05) is 51.0 Å². The molecule has 0 spiro atoms. The number of aliphatic hydroxyl groups excluding tert-OH is 2. The molecule has 0 aromatic rings. The number of hydrogen-bond acceptors (Lipinski definition) is 11. The molecular formula is C37H62N2O10. The Morgan fingerprint density at radius 2 is 1.96 bits per heavy atom. The van der Waals surface area contributed by atoms with Gasteiger partial charge in [0.15, 0.2) is 6.10 Å². The van der Waals surface area contributed by atoms with Crippen molar-refractivity contribution in [3.8, 4) is 0 Å². The molecule has 0 radical (unpaired) electrons. The lowest BCUT2D eigenvalue weighted by molar-refractivity contribution is -0.151. The molecule has 0 aliphatic carbocycles. The molecule has 0 aromatic heterocycles. The summed E-state index contributed by atoms with van der Waals surface area (Å²) < 4.78 is 23.0. The minimum Gasteiger partial charge on any atom is -0.457 e. The quantitative estimate of drug-likeness (QED) is 0.0969. The van der Waals surface area contributed by atoms with Gasteiger partial charge >= 0.3 is 12.1 Å². The second-order valence-electron chi connectivity index (χ2n) is 14.6. The zero-order valence-electron chi connectivity index (χ0n) is 30.6. The highest BCUT2D eigenvalue weighted by molar-refractivity contribution is 5.70. The fourth-order valence-corrected chi connectivity index (χ4v) is 6.45. The van der Waals surface area contributed by atoms with Gasteiger partial charge in [0.25, 0.3) is 0 Å². The number of carbonyl (C=O) groups is 2. The number of likely N-dealkylation sites (N-methyl/N-ethyl adjacent to an activating group) is 1. The summed E-state index contributed by atoms with van der Waals surface area (Å²) in [6, 6.07) is 0. The van der Waals surface area contributed by atoms with Crippen LogP contribution in [-0.4, -0.2) is 136 Å². The van der Waals surface area contributed by atoms with Gasteiger partial charge in [0.1, 0.15) is 11.7 Å². The van der Waals surface area contributed by atoms with Crippen LogP contribution in [-0.2, 0) is 23.7 Å². The van der Waals surface area contributed by atoms with E-state index in [0.717, 1.165) is 13.1 Å². The number of carbonyl (C=O) groups excluding carboxylic acids is 2. The van der Waals surface area contributed by atoms with E-state index in [4.69, 9.17) is 18.9 Å². The van der Waals surface area contributed by atoms with Gasteiger partial charge in [-0.25, -0.2) is 4.79 Å².